The third-order valence-corrected chi connectivity index (χ3v) is 2.35. The highest BCUT2D eigenvalue weighted by atomic mass is 79.9. The van der Waals surface area contributed by atoms with Gasteiger partial charge in [-0.2, -0.15) is 0 Å². The fourth-order valence-corrected chi connectivity index (χ4v) is 1.40. The Kier molecular flexibility index (Phi) is 3.06. The molecule has 78 valence electrons. The van der Waals surface area contributed by atoms with E-state index in [0.29, 0.717) is 6.61 Å². The highest BCUT2D eigenvalue weighted by Crippen LogP contribution is 2.15. The zero-order chi connectivity index (χ0) is 10.7. The molecule has 2 aromatic rings. The van der Waals surface area contributed by atoms with Gasteiger partial charge >= 0.3 is 0 Å². The summed E-state index contributed by atoms with van der Waals surface area (Å²) in [6.45, 7) is 2.34. The number of hydrogen-bond donors (Lipinski definition) is 0. The average molecular weight is 268 g/mol. The van der Waals surface area contributed by atoms with Crippen molar-refractivity contribution in [2.24, 2.45) is 0 Å². The van der Waals surface area contributed by atoms with E-state index in [2.05, 4.69) is 20.9 Å². The van der Waals surface area contributed by atoms with Gasteiger partial charge in [-0.3, -0.25) is 0 Å². The Balaban J connectivity index is 1.96. The molecule has 0 saturated heterocycles. The summed E-state index contributed by atoms with van der Waals surface area (Å²) in [6, 6.07) is 7.51. The molecule has 0 bridgehead atoms. The molecule has 0 amide bonds. The molecule has 0 radical (unpaired) electrons. The van der Waals surface area contributed by atoms with Crippen molar-refractivity contribution in [3.8, 4) is 5.75 Å². The Labute approximate surface area is 96.2 Å². The standard InChI is InChI=1S/C11H10BrNO2/c1-8-2-3-10(15-8)7-14-9-4-5-11(12)13-6-9/h2-6H,7H2,1H3. The molecule has 0 saturated carbocycles. The van der Waals surface area contributed by atoms with Crippen LogP contribution in [-0.4, -0.2) is 4.98 Å². The Bertz CT molecular complexity index is 436. The monoisotopic (exact) mass is 267 g/mol. The Morgan fingerprint density at radius 3 is 2.80 bits per heavy atom. The van der Waals surface area contributed by atoms with Crippen LogP contribution >= 0.6 is 15.9 Å². The smallest absolute Gasteiger partial charge is 0.146 e. The third kappa shape index (κ3) is 2.83. The number of rotatable bonds is 3. The van der Waals surface area contributed by atoms with Crippen LogP contribution in [-0.2, 0) is 6.61 Å². The summed E-state index contributed by atoms with van der Waals surface area (Å²) in [5.74, 6) is 2.44. The van der Waals surface area contributed by atoms with Gasteiger partial charge in [0.25, 0.3) is 0 Å². The first-order valence-electron chi connectivity index (χ1n) is 4.54. The topological polar surface area (TPSA) is 35.3 Å². The average Bonchev–Trinajstić information content (AvgIpc) is 2.64. The second-order valence-corrected chi connectivity index (χ2v) is 3.93. The summed E-state index contributed by atoms with van der Waals surface area (Å²) in [6.07, 6.45) is 1.67. The van der Waals surface area contributed by atoms with Gasteiger partial charge < -0.3 is 9.15 Å². The molecule has 0 aliphatic rings. The quantitative estimate of drug-likeness (QED) is 0.801. The number of aromatic nitrogens is 1. The van der Waals surface area contributed by atoms with Gasteiger partial charge in [-0.15, -0.1) is 0 Å². The Hall–Kier alpha value is -1.29. The van der Waals surface area contributed by atoms with Gasteiger partial charge in [0.15, 0.2) is 0 Å². The lowest BCUT2D eigenvalue weighted by atomic mass is 10.4. The van der Waals surface area contributed by atoms with Crippen LogP contribution in [0.25, 0.3) is 0 Å². The summed E-state index contributed by atoms with van der Waals surface area (Å²) in [4.78, 5) is 4.06. The van der Waals surface area contributed by atoms with Crippen molar-refractivity contribution in [3.05, 3.63) is 46.6 Å². The van der Waals surface area contributed by atoms with Gasteiger partial charge in [-0.1, -0.05) is 0 Å². The summed E-state index contributed by atoms with van der Waals surface area (Å²) < 4.78 is 11.7. The number of furan rings is 1. The van der Waals surface area contributed by atoms with Crippen molar-refractivity contribution in [1.82, 2.24) is 4.98 Å². The maximum absolute atomic E-state index is 5.48. The van der Waals surface area contributed by atoms with E-state index in [-0.39, 0.29) is 0 Å². The number of ether oxygens (including phenoxy) is 1. The molecule has 2 rings (SSSR count). The molecule has 0 fully saturated rings. The Morgan fingerprint density at radius 2 is 2.20 bits per heavy atom. The minimum Gasteiger partial charge on any atom is -0.484 e. The molecule has 0 spiro atoms. The molecule has 2 aromatic heterocycles. The number of halogens is 1. The van der Waals surface area contributed by atoms with Crippen LogP contribution in [0.15, 0.2) is 39.5 Å². The first kappa shape index (κ1) is 10.2. The number of aryl methyl sites for hydroxylation is 1. The minimum absolute atomic E-state index is 0.428. The second-order valence-electron chi connectivity index (χ2n) is 3.12. The third-order valence-electron chi connectivity index (χ3n) is 1.88. The highest BCUT2D eigenvalue weighted by molar-refractivity contribution is 9.10. The van der Waals surface area contributed by atoms with E-state index in [1.54, 1.807) is 6.20 Å². The molecular weight excluding hydrogens is 258 g/mol. The second kappa shape index (κ2) is 4.49. The summed E-state index contributed by atoms with van der Waals surface area (Å²) >= 11 is 3.26. The van der Waals surface area contributed by atoms with E-state index in [0.717, 1.165) is 21.9 Å². The molecule has 3 nitrogen and oxygen atoms in total. The van der Waals surface area contributed by atoms with Crippen LogP contribution < -0.4 is 4.74 Å². The molecule has 0 aliphatic heterocycles. The SMILES string of the molecule is Cc1ccc(COc2ccc(Br)nc2)o1. The fraction of sp³-hybridized carbons (Fsp3) is 0.182. The molecule has 0 aliphatic carbocycles. The van der Waals surface area contributed by atoms with Gasteiger partial charge in [0.2, 0.25) is 0 Å². The highest BCUT2D eigenvalue weighted by Gasteiger charge is 2.00. The first-order valence-corrected chi connectivity index (χ1v) is 5.33. The first-order chi connectivity index (χ1) is 7.24. The van der Waals surface area contributed by atoms with E-state index in [4.69, 9.17) is 9.15 Å². The normalized spacial score (nSPS) is 10.3. The molecule has 0 unspecified atom stereocenters. The van der Waals surface area contributed by atoms with Crippen LogP contribution in [0.1, 0.15) is 11.5 Å². The maximum atomic E-state index is 5.48. The molecule has 0 atom stereocenters. The molecular formula is C11H10BrNO2. The molecule has 15 heavy (non-hydrogen) atoms. The minimum atomic E-state index is 0.428. The van der Waals surface area contributed by atoms with Crippen LogP contribution in [0, 0.1) is 6.92 Å². The summed E-state index contributed by atoms with van der Waals surface area (Å²) in [5.41, 5.74) is 0. The van der Waals surface area contributed by atoms with Crippen molar-refractivity contribution in [3.63, 3.8) is 0 Å². The van der Waals surface area contributed by atoms with E-state index < -0.39 is 0 Å². The van der Waals surface area contributed by atoms with E-state index in [1.807, 2.05) is 31.2 Å². The van der Waals surface area contributed by atoms with Gasteiger partial charge in [0.1, 0.15) is 28.5 Å². The number of nitrogens with zero attached hydrogens (tertiary/aromatic N) is 1. The molecule has 0 N–H and O–H groups in total. The summed E-state index contributed by atoms with van der Waals surface area (Å²) in [5, 5.41) is 0. The van der Waals surface area contributed by atoms with Crippen molar-refractivity contribution >= 4 is 15.9 Å². The predicted octanol–water partition coefficient (Wildman–Crippen LogP) is 3.32. The lowest BCUT2D eigenvalue weighted by Gasteiger charge is -2.02. The van der Waals surface area contributed by atoms with Crippen LogP contribution in [0.3, 0.4) is 0 Å². The van der Waals surface area contributed by atoms with Crippen LogP contribution in [0.4, 0.5) is 0 Å². The van der Waals surface area contributed by atoms with Gasteiger partial charge in [-0.05, 0) is 47.1 Å². The van der Waals surface area contributed by atoms with E-state index >= 15 is 0 Å². The predicted molar refractivity (Wildman–Crippen MR) is 59.7 cm³/mol. The largest absolute Gasteiger partial charge is 0.484 e. The van der Waals surface area contributed by atoms with Crippen LogP contribution in [0.2, 0.25) is 0 Å². The zero-order valence-electron chi connectivity index (χ0n) is 8.24. The number of hydrogen-bond acceptors (Lipinski definition) is 3. The fourth-order valence-electron chi connectivity index (χ4n) is 1.16. The van der Waals surface area contributed by atoms with Gasteiger partial charge in [-0.25, -0.2) is 4.98 Å². The van der Waals surface area contributed by atoms with Crippen molar-refractivity contribution < 1.29 is 9.15 Å². The Morgan fingerprint density at radius 1 is 1.33 bits per heavy atom. The zero-order valence-corrected chi connectivity index (χ0v) is 9.82. The van der Waals surface area contributed by atoms with E-state index in [9.17, 15) is 0 Å². The molecule has 2 heterocycles. The van der Waals surface area contributed by atoms with Crippen molar-refractivity contribution in [2.45, 2.75) is 13.5 Å². The van der Waals surface area contributed by atoms with Crippen molar-refractivity contribution in [2.75, 3.05) is 0 Å². The van der Waals surface area contributed by atoms with Crippen molar-refractivity contribution in [1.29, 1.82) is 0 Å². The van der Waals surface area contributed by atoms with E-state index in [1.165, 1.54) is 0 Å². The lowest BCUT2D eigenvalue weighted by molar-refractivity contribution is 0.266. The van der Waals surface area contributed by atoms with Crippen LogP contribution in [0.5, 0.6) is 5.75 Å². The summed E-state index contributed by atoms with van der Waals surface area (Å²) in [7, 11) is 0. The number of pyridine rings is 1. The lowest BCUT2D eigenvalue weighted by Crippen LogP contribution is -1.93. The van der Waals surface area contributed by atoms with Gasteiger partial charge in [0.05, 0.1) is 6.20 Å². The molecule has 4 heteroatoms. The van der Waals surface area contributed by atoms with Gasteiger partial charge in [0, 0.05) is 0 Å². The molecule has 0 aromatic carbocycles. The maximum Gasteiger partial charge on any atom is 0.146 e.